The van der Waals surface area contributed by atoms with Gasteiger partial charge in [0.1, 0.15) is 5.69 Å². The normalized spacial score (nSPS) is 13.3. The summed E-state index contributed by atoms with van der Waals surface area (Å²) >= 11 is 3.15. The van der Waals surface area contributed by atoms with E-state index in [1.165, 1.54) is 13.0 Å². The van der Waals surface area contributed by atoms with E-state index < -0.39 is 10.8 Å². The van der Waals surface area contributed by atoms with E-state index in [1.54, 1.807) is 0 Å². The van der Waals surface area contributed by atoms with E-state index in [2.05, 4.69) is 21.2 Å². The second kappa shape index (κ2) is 4.49. The number of hydrogen-bond acceptors (Lipinski definition) is 4. The predicted molar refractivity (Wildman–Crippen MR) is 67.8 cm³/mol. The maximum absolute atomic E-state index is 11.6. The zero-order valence-electron chi connectivity index (χ0n) is 9.45. The van der Waals surface area contributed by atoms with Crippen molar-refractivity contribution in [3.05, 3.63) is 31.8 Å². The molecule has 0 saturated heterocycles. The number of nitro groups is 1. The Bertz CT molecular complexity index is 583. The van der Waals surface area contributed by atoms with Gasteiger partial charge in [-0.3, -0.25) is 19.7 Å². The van der Waals surface area contributed by atoms with Gasteiger partial charge in [-0.1, -0.05) is 0 Å². The Balaban J connectivity index is 2.71. The average Bonchev–Trinajstić information content (AvgIpc) is 2.60. The number of carbonyl (C=O) groups is 2. The average molecular weight is 313 g/mol. The van der Waals surface area contributed by atoms with Crippen LogP contribution in [0.3, 0.4) is 0 Å². The van der Waals surface area contributed by atoms with Gasteiger partial charge >= 0.3 is 0 Å². The molecule has 0 heterocycles. The number of nitrogens with zero attached hydrogens (tertiary/aromatic N) is 1. The molecule has 2 rings (SSSR count). The molecule has 0 bridgehead atoms. The number of amides is 1. The molecule has 0 radical (unpaired) electrons. The first-order valence-corrected chi connectivity index (χ1v) is 6.01. The fourth-order valence-electron chi connectivity index (χ4n) is 2.05. The van der Waals surface area contributed by atoms with Gasteiger partial charge in [-0.15, -0.1) is 0 Å². The van der Waals surface area contributed by atoms with E-state index in [1.807, 2.05) is 0 Å². The molecular formula is C11H9BrN2O4. The molecule has 6 nitrogen and oxygen atoms in total. The first kappa shape index (κ1) is 12.7. The highest BCUT2D eigenvalue weighted by molar-refractivity contribution is 9.10. The number of hydrogen-bond donors (Lipinski definition) is 1. The third kappa shape index (κ3) is 2.01. The first-order valence-electron chi connectivity index (χ1n) is 5.22. The van der Waals surface area contributed by atoms with Gasteiger partial charge in [0.05, 0.1) is 4.92 Å². The van der Waals surface area contributed by atoms with Crippen LogP contribution in [0.15, 0.2) is 10.5 Å². The van der Waals surface area contributed by atoms with Gasteiger partial charge in [0, 0.05) is 28.9 Å². The van der Waals surface area contributed by atoms with E-state index in [-0.39, 0.29) is 23.6 Å². The Labute approximate surface area is 111 Å². The van der Waals surface area contributed by atoms with Crippen LogP contribution in [0, 0.1) is 10.1 Å². The van der Waals surface area contributed by atoms with Gasteiger partial charge in [-0.2, -0.15) is 0 Å². The summed E-state index contributed by atoms with van der Waals surface area (Å²) in [5.74, 6) is -0.508. The number of carbonyl (C=O) groups excluding carboxylic acids is 2. The van der Waals surface area contributed by atoms with Crippen molar-refractivity contribution in [3.8, 4) is 0 Å². The Morgan fingerprint density at radius 3 is 2.72 bits per heavy atom. The van der Waals surface area contributed by atoms with E-state index in [4.69, 9.17) is 0 Å². The van der Waals surface area contributed by atoms with Crippen molar-refractivity contribution in [2.45, 2.75) is 19.8 Å². The SMILES string of the molecule is CC(=O)Nc1c(Br)cc2c(c1[N+](=O)[O-])CCC2=O. The van der Waals surface area contributed by atoms with Crippen molar-refractivity contribution >= 4 is 39.0 Å². The summed E-state index contributed by atoms with van der Waals surface area (Å²) in [4.78, 5) is 33.3. The van der Waals surface area contributed by atoms with Crippen molar-refractivity contribution in [1.82, 2.24) is 0 Å². The number of nitrogens with one attached hydrogen (secondary N) is 1. The Morgan fingerprint density at radius 2 is 2.17 bits per heavy atom. The molecule has 94 valence electrons. The van der Waals surface area contributed by atoms with Crippen LogP contribution >= 0.6 is 15.9 Å². The number of ketones is 1. The van der Waals surface area contributed by atoms with E-state index in [0.29, 0.717) is 22.0 Å². The summed E-state index contributed by atoms with van der Waals surface area (Å²) in [6, 6.07) is 1.53. The molecule has 1 aliphatic rings. The molecule has 1 amide bonds. The standard InChI is InChI=1S/C11H9BrN2O4/c1-5(15)13-10-8(12)4-7-6(2-3-9(7)16)11(10)14(17)18/h4H,2-3H2,1H3,(H,13,15). The third-order valence-electron chi connectivity index (χ3n) is 2.74. The molecule has 0 fully saturated rings. The molecule has 0 aromatic heterocycles. The Kier molecular flexibility index (Phi) is 3.16. The highest BCUT2D eigenvalue weighted by Gasteiger charge is 2.32. The van der Waals surface area contributed by atoms with Gasteiger partial charge < -0.3 is 5.32 Å². The minimum atomic E-state index is -0.562. The zero-order valence-corrected chi connectivity index (χ0v) is 11.0. The van der Waals surface area contributed by atoms with Crippen molar-refractivity contribution in [2.24, 2.45) is 0 Å². The quantitative estimate of drug-likeness (QED) is 0.671. The van der Waals surface area contributed by atoms with Crippen LogP contribution < -0.4 is 5.32 Å². The third-order valence-corrected chi connectivity index (χ3v) is 3.37. The second-order valence-electron chi connectivity index (χ2n) is 3.97. The van der Waals surface area contributed by atoms with Crippen molar-refractivity contribution in [1.29, 1.82) is 0 Å². The number of rotatable bonds is 2. The van der Waals surface area contributed by atoms with Crippen LogP contribution in [-0.2, 0) is 11.2 Å². The Hall–Kier alpha value is -1.76. The number of Topliss-reactive ketones (excluding diaryl/α,β-unsaturated/α-hetero) is 1. The summed E-state index contributed by atoms with van der Waals surface area (Å²) in [6.07, 6.45) is 0.608. The fourth-order valence-corrected chi connectivity index (χ4v) is 2.56. The highest BCUT2D eigenvalue weighted by Crippen LogP contribution is 2.41. The fraction of sp³-hybridized carbons (Fsp3) is 0.273. The number of benzene rings is 1. The summed E-state index contributed by atoms with van der Waals surface area (Å²) in [5.41, 5.74) is 0.681. The van der Waals surface area contributed by atoms with Crippen LogP contribution in [0.2, 0.25) is 0 Å². The van der Waals surface area contributed by atoms with Crippen LogP contribution in [0.25, 0.3) is 0 Å². The van der Waals surface area contributed by atoms with Crippen LogP contribution in [0.1, 0.15) is 29.3 Å². The minimum Gasteiger partial charge on any atom is -0.320 e. The molecule has 18 heavy (non-hydrogen) atoms. The molecule has 1 aliphatic carbocycles. The van der Waals surface area contributed by atoms with Gasteiger partial charge in [0.25, 0.3) is 5.69 Å². The van der Waals surface area contributed by atoms with Crippen molar-refractivity contribution < 1.29 is 14.5 Å². The maximum Gasteiger partial charge on any atom is 0.297 e. The topological polar surface area (TPSA) is 89.3 Å². The summed E-state index contributed by atoms with van der Waals surface area (Å²) in [6.45, 7) is 1.27. The van der Waals surface area contributed by atoms with Crippen molar-refractivity contribution in [3.63, 3.8) is 0 Å². The smallest absolute Gasteiger partial charge is 0.297 e. The number of fused-ring (bicyclic) bond motifs is 1. The largest absolute Gasteiger partial charge is 0.320 e. The predicted octanol–water partition coefficient (Wildman–Crippen LogP) is 2.44. The van der Waals surface area contributed by atoms with Gasteiger partial charge in [-0.25, -0.2) is 0 Å². The monoisotopic (exact) mass is 312 g/mol. The minimum absolute atomic E-state index is 0.108. The number of anilines is 1. The molecule has 0 atom stereocenters. The first-order chi connectivity index (χ1) is 8.41. The lowest BCUT2D eigenvalue weighted by atomic mass is 10.1. The molecule has 7 heteroatoms. The molecule has 0 spiro atoms. The lowest BCUT2D eigenvalue weighted by molar-refractivity contribution is -0.384. The lowest BCUT2D eigenvalue weighted by Crippen LogP contribution is -2.10. The van der Waals surface area contributed by atoms with E-state index in [9.17, 15) is 19.7 Å². The van der Waals surface area contributed by atoms with Crippen molar-refractivity contribution in [2.75, 3.05) is 5.32 Å². The van der Waals surface area contributed by atoms with E-state index >= 15 is 0 Å². The molecule has 1 N–H and O–H groups in total. The van der Waals surface area contributed by atoms with Crippen LogP contribution in [0.4, 0.5) is 11.4 Å². The molecule has 0 aliphatic heterocycles. The summed E-state index contributed by atoms with van der Waals surface area (Å²) in [7, 11) is 0. The number of nitro benzene ring substituents is 1. The maximum atomic E-state index is 11.6. The van der Waals surface area contributed by atoms with Gasteiger partial charge in [0.2, 0.25) is 5.91 Å². The van der Waals surface area contributed by atoms with Crippen LogP contribution in [0.5, 0.6) is 0 Å². The highest BCUT2D eigenvalue weighted by atomic mass is 79.9. The summed E-state index contributed by atoms with van der Waals surface area (Å²) in [5, 5.41) is 13.6. The molecule has 1 aromatic rings. The van der Waals surface area contributed by atoms with Gasteiger partial charge in [-0.05, 0) is 28.4 Å². The van der Waals surface area contributed by atoms with Gasteiger partial charge in [0.15, 0.2) is 5.78 Å². The van der Waals surface area contributed by atoms with Crippen LogP contribution in [-0.4, -0.2) is 16.6 Å². The molecule has 0 unspecified atom stereocenters. The Morgan fingerprint density at radius 1 is 1.50 bits per heavy atom. The zero-order chi connectivity index (χ0) is 13.4. The lowest BCUT2D eigenvalue weighted by Gasteiger charge is -2.09. The molecular weight excluding hydrogens is 304 g/mol. The van der Waals surface area contributed by atoms with E-state index in [0.717, 1.165) is 0 Å². The summed E-state index contributed by atoms with van der Waals surface area (Å²) < 4.78 is 0.346. The molecule has 1 aromatic carbocycles. The molecule has 0 saturated carbocycles. The number of halogens is 1. The second-order valence-corrected chi connectivity index (χ2v) is 4.82.